The SMILES string of the molecule is Cn1cc(-c2ccc(C#N)cc2OC(F)(F)F)cn1. The van der Waals surface area contributed by atoms with E-state index in [1.807, 2.05) is 0 Å². The first kappa shape index (κ1) is 13.0. The topological polar surface area (TPSA) is 50.8 Å². The lowest BCUT2D eigenvalue weighted by molar-refractivity contribution is -0.274. The second-order valence-corrected chi connectivity index (χ2v) is 3.77. The van der Waals surface area contributed by atoms with E-state index in [2.05, 4.69) is 9.84 Å². The lowest BCUT2D eigenvalue weighted by atomic mass is 10.1. The van der Waals surface area contributed by atoms with Crippen LogP contribution in [0.4, 0.5) is 13.2 Å². The lowest BCUT2D eigenvalue weighted by Gasteiger charge is -2.12. The minimum atomic E-state index is -4.81. The molecule has 0 bridgehead atoms. The number of benzene rings is 1. The first-order chi connectivity index (χ1) is 8.89. The zero-order valence-corrected chi connectivity index (χ0v) is 9.77. The van der Waals surface area contributed by atoms with Crippen LogP contribution in [0, 0.1) is 11.3 Å². The van der Waals surface area contributed by atoms with Gasteiger partial charge in [-0.15, -0.1) is 13.2 Å². The molecule has 19 heavy (non-hydrogen) atoms. The van der Waals surface area contributed by atoms with Crippen molar-refractivity contribution >= 4 is 0 Å². The molecule has 7 heteroatoms. The summed E-state index contributed by atoms with van der Waals surface area (Å²) in [6.45, 7) is 0. The van der Waals surface area contributed by atoms with Gasteiger partial charge < -0.3 is 4.74 Å². The van der Waals surface area contributed by atoms with Crippen LogP contribution in [0.5, 0.6) is 5.75 Å². The Balaban J connectivity index is 2.51. The maximum atomic E-state index is 12.4. The van der Waals surface area contributed by atoms with Gasteiger partial charge in [0.25, 0.3) is 0 Å². The van der Waals surface area contributed by atoms with Crippen LogP contribution in [0.1, 0.15) is 5.56 Å². The van der Waals surface area contributed by atoms with Gasteiger partial charge in [0, 0.05) is 24.4 Å². The van der Waals surface area contributed by atoms with Crippen LogP contribution < -0.4 is 4.74 Å². The van der Waals surface area contributed by atoms with Crippen LogP contribution in [0.3, 0.4) is 0 Å². The van der Waals surface area contributed by atoms with Gasteiger partial charge in [0.15, 0.2) is 0 Å². The lowest BCUT2D eigenvalue weighted by Crippen LogP contribution is -2.17. The Morgan fingerprint density at radius 1 is 1.37 bits per heavy atom. The van der Waals surface area contributed by atoms with Crippen LogP contribution in [0.25, 0.3) is 11.1 Å². The minimum Gasteiger partial charge on any atom is -0.405 e. The van der Waals surface area contributed by atoms with Crippen molar-refractivity contribution in [3.05, 3.63) is 36.2 Å². The zero-order valence-electron chi connectivity index (χ0n) is 9.77. The van der Waals surface area contributed by atoms with E-state index >= 15 is 0 Å². The number of ether oxygens (including phenoxy) is 1. The van der Waals surface area contributed by atoms with Crippen molar-refractivity contribution in [3.8, 4) is 22.9 Å². The van der Waals surface area contributed by atoms with Crippen molar-refractivity contribution in [2.75, 3.05) is 0 Å². The summed E-state index contributed by atoms with van der Waals surface area (Å²) in [6, 6.07) is 5.64. The van der Waals surface area contributed by atoms with Crippen LogP contribution in [0.15, 0.2) is 30.6 Å². The summed E-state index contributed by atoms with van der Waals surface area (Å²) in [6.07, 6.45) is -1.83. The molecule has 1 aromatic carbocycles. The number of halogens is 3. The van der Waals surface area contributed by atoms with E-state index in [9.17, 15) is 13.2 Å². The van der Waals surface area contributed by atoms with E-state index < -0.39 is 12.1 Å². The number of nitrogens with zero attached hydrogens (tertiary/aromatic N) is 3. The number of aryl methyl sites for hydroxylation is 1. The highest BCUT2D eigenvalue weighted by Gasteiger charge is 2.32. The molecule has 0 unspecified atom stereocenters. The Morgan fingerprint density at radius 3 is 2.63 bits per heavy atom. The molecule has 2 rings (SSSR count). The van der Waals surface area contributed by atoms with Gasteiger partial charge in [-0.25, -0.2) is 0 Å². The number of hydrogen-bond acceptors (Lipinski definition) is 3. The summed E-state index contributed by atoms with van der Waals surface area (Å²) in [7, 11) is 1.65. The van der Waals surface area contributed by atoms with Gasteiger partial charge in [-0.3, -0.25) is 4.68 Å². The molecule has 0 N–H and O–H groups in total. The second-order valence-electron chi connectivity index (χ2n) is 3.77. The van der Waals surface area contributed by atoms with Gasteiger partial charge in [0.2, 0.25) is 0 Å². The Morgan fingerprint density at radius 2 is 2.11 bits per heavy atom. The summed E-state index contributed by atoms with van der Waals surface area (Å²) in [5.41, 5.74) is 0.794. The first-order valence-corrected chi connectivity index (χ1v) is 5.18. The largest absolute Gasteiger partial charge is 0.573 e. The smallest absolute Gasteiger partial charge is 0.405 e. The molecule has 0 fully saturated rings. The molecular formula is C12H8F3N3O. The number of nitriles is 1. The van der Waals surface area contributed by atoms with Gasteiger partial charge in [0.1, 0.15) is 5.75 Å². The second kappa shape index (κ2) is 4.65. The van der Waals surface area contributed by atoms with Crippen molar-refractivity contribution in [2.24, 2.45) is 7.05 Å². The summed E-state index contributed by atoms with van der Waals surface area (Å²) in [4.78, 5) is 0. The van der Waals surface area contributed by atoms with Crippen LogP contribution in [0.2, 0.25) is 0 Å². The van der Waals surface area contributed by atoms with E-state index in [0.29, 0.717) is 5.56 Å². The molecule has 0 saturated carbocycles. The van der Waals surface area contributed by atoms with Gasteiger partial charge in [0.05, 0.1) is 17.8 Å². The average molecular weight is 267 g/mol. The van der Waals surface area contributed by atoms with Gasteiger partial charge >= 0.3 is 6.36 Å². The molecule has 98 valence electrons. The highest BCUT2D eigenvalue weighted by molar-refractivity contribution is 5.70. The summed E-state index contributed by atoms with van der Waals surface area (Å²) in [5, 5.41) is 12.6. The third-order valence-electron chi connectivity index (χ3n) is 2.35. The van der Waals surface area contributed by atoms with Gasteiger partial charge in [-0.2, -0.15) is 10.4 Å². The quantitative estimate of drug-likeness (QED) is 0.840. The molecule has 2 aromatic rings. The van der Waals surface area contributed by atoms with Crippen LogP contribution in [-0.2, 0) is 7.05 Å². The third-order valence-corrected chi connectivity index (χ3v) is 2.35. The minimum absolute atomic E-state index is 0.0897. The Bertz CT molecular complexity index is 640. The highest BCUT2D eigenvalue weighted by Crippen LogP contribution is 2.34. The molecule has 0 amide bonds. The number of alkyl halides is 3. The molecule has 1 heterocycles. The summed E-state index contributed by atoms with van der Waals surface area (Å²) >= 11 is 0. The number of aromatic nitrogens is 2. The normalized spacial score (nSPS) is 11.1. The van der Waals surface area contributed by atoms with E-state index in [1.165, 1.54) is 23.0 Å². The van der Waals surface area contributed by atoms with Crippen molar-refractivity contribution in [3.63, 3.8) is 0 Å². The molecule has 1 aromatic heterocycles. The molecule has 0 aliphatic carbocycles. The maximum absolute atomic E-state index is 12.4. The maximum Gasteiger partial charge on any atom is 0.573 e. The third kappa shape index (κ3) is 3.04. The monoisotopic (exact) mass is 267 g/mol. The van der Waals surface area contributed by atoms with Crippen molar-refractivity contribution in [2.45, 2.75) is 6.36 Å². The van der Waals surface area contributed by atoms with Crippen molar-refractivity contribution in [1.29, 1.82) is 5.26 Å². The molecule has 4 nitrogen and oxygen atoms in total. The molecule has 0 saturated heterocycles. The fourth-order valence-electron chi connectivity index (χ4n) is 1.60. The predicted octanol–water partition coefficient (Wildman–Crippen LogP) is 2.86. The van der Waals surface area contributed by atoms with E-state index in [1.54, 1.807) is 19.3 Å². The van der Waals surface area contributed by atoms with Gasteiger partial charge in [-0.1, -0.05) is 0 Å². The molecule has 0 aliphatic rings. The van der Waals surface area contributed by atoms with E-state index in [0.717, 1.165) is 6.07 Å². The van der Waals surface area contributed by atoms with Crippen molar-refractivity contribution < 1.29 is 17.9 Å². The molecule has 0 spiro atoms. The van der Waals surface area contributed by atoms with E-state index in [-0.39, 0.29) is 11.1 Å². The standard InChI is InChI=1S/C12H8F3N3O/c1-18-7-9(6-17-18)10-3-2-8(5-16)4-11(10)19-12(13,14)15/h2-4,6-7H,1H3. The average Bonchev–Trinajstić information content (AvgIpc) is 2.73. The fourth-order valence-corrected chi connectivity index (χ4v) is 1.60. The summed E-state index contributed by atoms with van der Waals surface area (Å²) in [5.74, 6) is -0.417. The highest BCUT2D eigenvalue weighted by atomic mass is 19.4. The number of rotatable bonds is 2. The van der Waals surface area contributed by atoms with Gasteiger partial charge in [-0.05, 0) is 18.2 Å². The van der Waals surface area contributed by atoms with E-state index in [4.69, 9.17) is 5.26 Å². The summed E-state index contributed by atoms with van der Waals surface area (Å²) < 4.78 is 42.5. The predicted molar refractivity (Wildman–Crippen MR) is 60.0 cm³/mol. The fraction of sp³-hybridized carbons (Fsp3) is 0.167. The molecule has 0 aliphatic heterocycles. The first-order valence-electron chi connectivity index (χ1n) is 5.18. The van der Waals surface area contributed by atoms with Crippen LogP contribution >= 0.6 is 0 Å². The molecule has 0 atom stereocenters. The molecular weight excluding hydrogens is 259 g/mol. The number of hydrogen-bond donors (Lipinski definition) is 0. The zero-order chi connectivity index (χ0) is 14.0. The Labute approximate surface area is 106 Å². The Hall–Kier alpha value is -2.49. The molecule has 0 radical (unpaired) electrons. The van der Waals surface area contributed by atoms with Crippen LogP contribution in [-0.4, -0.2) is 16.1 Å². The Kier molecular flexibility index (Phi) is 3.17. The van der Waals surface area contributed by atoms with Crippen molar-refractivity contribution in [1.82, 2.24) is 9.78 Å².